The highest BCUT2D eigenvalue weighted by atomic mass is 32.2. The van der Waals surface area contributed by atoms with Gasteiger partial charge in [-0.15, -0.1) is 6.58 Å². The number of hydrogen-bond donors (Lipinski definition) is 0. The minimum Gasteiger partial charge on any atom is -0.229 e. The van der Waals surface area contributed by atoms with Crippen LogP contribution in [-0.4, -0.2) is 19.9 Å². The summed E-state index contributed by atoms with van der Waals surface area (Å²) in [6.45, 7) is 5.52. The van der Waals surface area contributed by atoms with Crippen LogP contribution in [-0.2, 0) is 9.84 Å². The van der Waals surface area contributed by atoms with Crippen molar-refractivity contribution in [3.63, 3.8) is 0 Å². The molecule has 0 bridgehead atoms. The number of rotatable bonds is 7. The average molecular weight is 190 g/mol. The van der Waals surface area contributed by atoms with Crippen LogP contribution in [0.15, 0.2) is 12.7 Å². The molecule has 0 aromatic heterocycles. The van der Waals surface area contributed by atoms with E-state index >= 15 is 0 Å². The largest absolute Gasteiger partial charge is 0.229 e. The van der Waals surface area contributed by atoms with E-state index in [1.807, 2.05) is 0 Å². The predicted molar refractivity (Wildman–Crippen MR) is 53.0 cm³/mol. The lowest BCUT2D eigenvalue weighted by Gasteiger charge is -1.99. The molecule has 0 heterocycles. The molecule has 0 aromatic carbocycles. The lowest BCUT2D eigenvalue weighted by molar-refractivity contribution is 0.592. The van der Waals surface area contributed by atoms with Gasteiger partial charge < -0.3 is 0 Å². The number of unbranched alkanes of at least 4 members (excludes halogenated alkanes) is 3. The van der Waals surface area contributed by atoms with Gasteiger partial charge in [0.25, 0.3) is 0 Å². The van der Waals surface area contributed by atoms with E-state index < -0.39 is 9.84 Å². The topological polar surface area (TPSA) is 34.1 Å². The maximum Gasteiger partial charge on any atom is 0.153 e. The predicted octanol–water partition coefficient (Wildman–Crippen LogP) is 2.17. The van der Waals surface area contributed by atoms with Crippen molar-refractivity contribution in [1.29, 1.82) is 0 Å². The zero-order chi connectivity index (χ0) is 9.45. The lowest BCUT2D eigenvalue weighted by Crippen LogP contribution is -2.08. The number of hydrogen-bond acceptors (Lipinski definition) is 2. The fourth-order valence-corrected chi connectivity index (χ4v) is 2.18. The number of sulfone groups is 1. The fraction of sp³-hybridized carbons (Fsp3) is 0.778. The summed E-state index contributed by atoms with van der Waals surface area (Å²) in [6, 6.07) is 0. The van der Waals surface area contributed by atoms with E-state index in [-0.39, 0.29) is 5.75 Å². The minimum atomic E-state index is -2.83. The van der Waals surface area contributed by atoms with E-state index in [0.717, 1.165) is 25.7 Å². The van der Waals surface area contributed by atoms with Crippen LogP contribution in [0.3, 0.4) is 0 Å². The first-order chi connectivity index (χ1) is 5.62. The van der Waals surface area contributed by atoms with Crippen molar-refractivity contribution in [2.45, 2.75) is 32.6 Å². The molecule has 0 saturated carbocycles. The SMILES string of the molecule is C=CCS(=O)(=O)CCCCCC. The molecule has 0 fully saturated rings. The zero-order valence-electron chi connectivity index (χ0n) is 7.75. The molecule has 0 aliphatic rings. The van der Waals surface area contributed by atoms with E-state index in [4.69, 9.17) is 0 Å². The van der Waals surface area contributed by atoms with Crippen molar-refractivity contribution < 1.29 is 8.42 Å². The molecule has 2 nitrogen and oxygen atoms in total. The van der Waals surface area contributed by atoms with Crippen LogP contribution in [0.25, 0.3) is 0 Å². The highest BCUT2D eigenvalue weighted by molar-refractivity contribution is 7.91. The second-order valence-corrected chi connectivity index (χ2v) is 5.19. The van der Waals surface area contributed by atoms with Gasteiger partial charge in [-0.05, 0) is 6.42 Å². The van der Waals surface area contributed by atoms with Crippen LogP contribution in [0.5, 0.6) is 0 Å². The molecule has 0 saturated heterocycles. The molecule has 0 rings (SSSR count). The van der Waals surface area contributed by atoms with E-state index in [1.165, 1.54) is 6.08 Å². The van der Waals surface area contributed by atoms with Crippen molar-refractivity contribution in [2.75, 3.05) is 11.5 Å². The normalized spacial score (nSPS) is 11.4. The van der Waals surface area contributed by atoms with Crippen molar-refractivity contribution in [2.24, 2.45) is 0 Å². The van der Waals surface area contributed by atoms with Gasteiger partial charge in [-0.2, -0.15) is 0 Å². The second-order valence-electron chi connectivity index (χ2n) is 2.96. The van der Waals surface area contributed by atoms with E-state index in [1.54, 1.807) is 0 Å². The molecule has 0 unspecified atom stereocenters. The molecular weight excluding hydrogens is 172 g/mol. The third-order valence-electron chi connectivity index (χ3n) is 1.68. The molecule has 12 heavy (non-hydrogen) atoms. The summed E-state index contributed by atoms with van der Waals surface area (Å²) < 4.78 is 22.2. The Hall–Kier alpha value is -0.310. The monoisotopic (exact) mass is 190 g/mol. The molecule has 0 spiro atoms. The Morgan fingerprint density at radius 1 is 1.25 bits per heavy atom. The summed E-state index contributed by atoms with van der Waals surface area (Å²) >= 11 is 0. The smallest absolute Gasteiger partial charge is 0.153 e. The van der Waals surface area contributed by atoms with Gasteiger partial charge in [-0.3, -0.25) is 0 Å². The lowest BCUT2D eigenvalue weighted by atomic mass is 10.2. The Morgan fingerprint density at radius 3 is 2.42 bits per heavy atom. The molecule has 0 aliphatic heterocycles. The van der Waals surface area contributed by atoms with Crippen LogP contribution in [0.2, 0.25) is 0 Å². The first-order valence-electron chi connectivity index (χ1n) is 4.43. The molecule has 0 aliphatic carbocycles. The minimum absolute atomic E-state index is 0.124. The van der Waals surface area contributed by atoms with E-state index in [2.05, 4.69) is 13.5 Å². The van der Waals surface area contributed by atoms with Crippen LogP contribution >= 0.6 is 0 Å². The fourth-order valence-electron chi connectivity index (χ4n) is 1.01. The quantitative estimate of drug-likeness (QED) is 0.455. The van der Waals surface area contributed by atoms with Gasteiger partial charge in [-0.1, -0.05) is 32.3 Å². The molecular formula is C9H18O2S. The molecule has 0 N–H and O–H groups in total. The average Bonchev–Trinajstić information content (AvgIpc) is 1.98. The van der Waals surface area contributed by atoms with Gasteiger partial charge in [0.2, 0.25) is 0 Å². The highest BCUT2D eigenvalue weighted by Crippen LogP contribution is 2.02. The Kier molecular flexibility index (Phi) is 6.07. The summed E-state index contributed by atoms with van der Waals surface area (Å²) in [5, 5.41) is 0. The standard InChI is InChI=1S/C9H18O2S/c1-3-5-6-7-9-12(10,11)8-4-2/h4H,2-3,5-9H2,1H3. The summed E-state index contributed by atoms with van der Waals surface area (Å²) in [7, 11) is -2.83. The van der Waals surface area contributed by atoms with Crippen molar-refractivity contribution in [3.8, 4) is 0 Å². The van der Waals surface area contributed by atoms with Crippen molar-refractivity contribution in [3.05, 3.63) is 12.7 Å². The third kappa shape index (κ3) is 6.40. The Bertz CT molecular complexity index is 205. The van der Waals surface area contributed by atoms with Crippen LogP contribution in [0, 0.1) is 0 Å². The van der Waals surface area contributed by atoms with Crippen molar-refractivity contribution in [1.82, 2.24) is 0 Å². The molecule has 72 valence electrons. The van der Waals surface area contributed by atoms with Gasteiger partial charge in [0.15, 0.2) is 9.84 Å². The van der Waals surface area contributed by atoms with Gasteiger partial charge >= 0.3 is 0 Å². The molecule has 0 amide bonds. The Labute approximate surface area is 75.6 Å². The Balaban J connectivity index is 3.55. The van der Waals surface area contributed by atoms with Crippen molar-refractivity contribution >= 4 is 9.84 Å². The first kappa shape index (κ1) is 11.7. The van der Waals surface area contributed by atoms with Gasteiger partial charge in [0.05, 0.1) is 11.5 Å². The maximum atomic E-state index is 11.1. The molecule has 3 heteroatoms. The first-order valence-corrected chi connectivity index (χ1v) is 6.26. The molecule has 0 atom stereocenters. The summed E-state index contributed by atoms with van der Waals surface area (Å²) in [6.07, 6.45) is 5.54. The van der Waals surface area contributed by atoms with Gasteiger partial charge in [0.1, 0.15) is 0 Å². The summed E-state index contributed by atoms with van der Waals surface area (Å²) in [5.74, 6) is 0.443. The van der Waals surface area contributed by atoms with E-state index in [9.17, 15) is 8.42 Å². The second kappa shape index (κ2) is 6.23. The molecule has 0 aromatic rings. The highest BCUT2D eigenvalue weighted by Gasteiger charge is 2.06. The van der Waals surface area contributed by atoms with Gasteiger partial charge in [0, 0.05) is 0 Å². The third-order valence-corrected chi connectivity index (χ3v) is 3.33. The van der Waals surface area contributed by atoms with Gasteiger partial charge in [-0.25, -0.2) is 8.42 Å². The van der Waals surface area contributed by atoms with Crippen LogP contribution < -0.4 is 0 Å². The van der Waals surface area contributed by atoms with E-state index in [0.29, 0.717) is 5.75 Å². The summed E-state index contributed by atoms with van der Waals surface area (Å²) in [4.78, 5) is 0. The van der Waals surface area contributed by atoms with Crippen LogP contribution in [0.1, 0.15) is 32.6 Å². The zero-order valence-corrected chi connectivity index (χ0v) is 8.57. The Morgan fingerprint density at radius 2 is 1.92 bits per heavy atom. The summed E-state index contributed by atoms with van der Waals surface area (Å²) in [5.41, 5.74) is 0. The molecule has 0 radical (unpaired) electrons. The maximum absolute atomic E-state index is 11.1. The van der Waals surface area contributed by atoms with Crippen LogP contribution in [0.4, 0.5) is 0 Å².